The van der Waals surface area contributed by atoms with Gasteiger partial charge in [-0.15, -0.1) is 13.2 Å². The fraction of sp³-hybridized carbons (Fsp3) is 0.444. The number of rotatable bonds is 11. The second-order valence-electron chi connectivity index (χ2n) is 8.40. The summed E-state index contributed by atoms with van der Waals surface area (Å²) in [7, 11) is 3.18. The van der Waals surface area contributed by atoms with E-state index in [1.807, 2.05) is 44.2 Å². The minimum Gasteiger partial charge on any atom is -0.406 e. The Labute approximate surface area is 214 Å². The molecule has 1 saturated heterocycles. The van der Waals surface area contributed by atoms with Gasteiger partial charge in [-0.1, -0.05) is 60.6 Å². The van der Waals surface area contributed by atoms with Crippen LogP contribution < -0.4 is 4.74 Å². The molecule has 2 aromatic rings. The van der Waals surface area contributed by atoms with Crippen LogP contribution in [-0.2, 0) is 23.8 Å². The SMILES string of the molecule is CCCO[C@@H]1[C@@H](OC)[C@H](C)O[C@@H](ON=Cc2ccc(/C=C/c3ccc(OC(F)(F)F)cc3)cc2)[C@@H]1OC. The lowest BCUT2D eigenvalue weighted by Crippen LogP contribution is -2.59. The van der Waals surface area contributed by atoms with E-state index in [4.69, 9.17) is 23.8 Å². The maximum Gasteiger partial charge on any atom is 0.573 e. The van der Waals surface area contributed by atoms with Crippen molar-refractivity contribution in [1.29, 1.82) is 0 Å². The maximum atomic E-state index is 12.3. The van der Waals surface area contributed by atoms with Gasteiger partial charge in [0.1, 0.15) is 18.0 Å². The van der Waals surface area contributed by atoms with Crippen LogP contribution in [0.25, 0.3) is 12.2 Å². The van der Waals surface area contributed by atoms with Crippen LogP contribution in [0.15, 0.2) is 53.7 Å². The quantitative estimate of drug-likeness (QED) is 0.215. The number of alkyl halides is 3. The molecular weight excluding hydrogens is 491 g/mol. The molecule has 5 atom stereocenters. The van der Waals surface area contributed by atoms with Crippen molar-refractivity contribution >= 4 is 18.4 Å². The lowest BCUT2D eigenvalue weighted by atomic mass is 9.99. The van der Waals surface area contributed by atoms with Crippen molar-refractivity contribution in [2.75, 3.05) is 20.8 Å². The molecule has 1 aliphatic heterocycles. The minimum atomic E-state index is -4.71. The number of ether oxygens (including phenoxy) is 5. The zero-order chi connectivity index (χ0) is 26.8. The lowest BCUT2D eigenvalue weighted by molar-refractivity contribution is -0.308. The zero-order valence-electron chi connectivity index (χ0n) is 21.2. The van der Waals surface area contributed by atoms with Crippen molar-refractivity contribution in [3.05, 3.63) is 65.2 Å². The van der Waals surface area contributed by atoms with Gasteiger partial charge in [-0.3, -0.25) is 0 Å². The highest BCUT2D eigenvalue weighted by atomic mass is 19.4. The van der Waals surface area contributed by atoms with Crippen LogP contribution in [0.5, 0.6) is 5.75 Å². The van der Waals surface area contributed by atoms with Crippen LogP contribution in [0.4, 0.5) is 13.2 Å². The number of benzene rings is 2. The van der Waals surface area contributed by atoms with Gasteiger partial charge in [-0.25, -0.2) is 0 Å². The molecule has 0 radical (unpaired) electrons. The van der Waals surface area contributed by atoms with Crippen molar-refractivity contribution in [3.8, 4) is 5.75 Å². The zero-order valence-corrected chi connectivity index (χ0v) is 21.2. The lowest BCUT2D eigenvalue weighted by Gasteiger charge is -2.42. The monoisotopic (exact) mass is 523 g/mol. The van der Waals surface area contributed by atoms with E-state index in [1.165, 1.54) is 12.1 Å². The molecule has 0 unspecified atom stereocenters. The summed E-state index contributed by atoms with van der Waals surface area (Å²) in [5.41, 5.74) is 2.44. The highest BCUT2D eigenvalue weighted by Crippen LogP contribution is 2.28. The van der Waals surface area contributed by atoms with Gasteiger partial charge in [0.25, 0.3) is 6.29 Å². The van der Waals surface area contributed by atoms with E-state index < -0.39 is 18.8 Å². The third kappa shape index (κ3) is 8.57. The van der Waals surface area contributed by atoms with E-state index in [0.29, 0.717) is 6.61 Å². The number of oxime groups is 1. The number of methoxy groups -OCH3 is 2. The van der Waals surface area contributed by atoms with Crippen molar-refractivity contribution in [3.63, 3.8) is 0 Å². The van der Waals surface area contributed by atoms with Gasteiger partial charge in [0.2, 0.25) is 0 Å². The van der Waals surface area contributed by atoms with E-state index >= 15 is 0 Å². The topological polar surface area (TPSA) is 67.7 Å². The Bertz CT molecular complexity index is 1010. The molecule has 7 nitrogen and oxygen atoms in total. The Hall–Kier alpha value is -2.92. The molecule has 10 heteroatoms. The van der Waals surface area contributed by atoms with Gasteiger partial charge in [0, 0.05) is 20.8 Å². The van der Waals surface area contributed by atoms with E-state index in [1.54, 1.807) is 38.6 Å². The van der Waals surface area contributed by atoms with Gasteiger partial charge >= 0.3 is 6.36 Å². The molecule has 1 aliphatic rings. The Morgan fingerprint density at radius 1 is 0.865 bits per heavy atom. The first-order valence-corrected chi connectivity index (χ1v) is 11.9. The van der Waals surface area contributed by atoms with Gasteiger partial charge in [0.15, 0.2) is 6.10 Å². The molecule has 37 heavy (non-hydrogen) atoms. The molecule has 0 aromatic heterocycles. The first-order chi connectivity index (χ1) is 17.7. The minimum absolute atomic E-state index is 0.261. The molecule has 202 valence electrons. The van der Waals surface area contributed by atoms with Crippen molar-refractivity contribution in [2.24, 2.45) is 5.16 Å². The largest absolute Gasteiger partial charge is 0.573 e. The third-order valence-corrected chi connectivity index (χ3v) is 5.67. The van der Waals surface area contributed by atoms with Crippen LogP contribution >= 0.6 is 0 Å². The second-order valence-corrected chi connectivity index (χ2v) is 8.40. The smallest absolute Gasteiger partial charge is 0.406 e. The van der Waals surface area contributed by atoms with Crippen LogP contribution in [-0.4, -0.2) is 64.1 Å². The van der Waals surface area contributed by atoms with Gasteiger partial charge in [-0.05, 0) is 42.2 Å². The van der Waals surface area contributed by atoms with Gasteiger partial charge in [-0.2, -0.15) is 0 Å². The Morgan fingerprint density at radius 2 is 1.43 bits per heavy atom. The summed E-state index contributed by atoms with van der Waals surface area (Å²) < 4.78 is 63.8. The molecule has 0 N–H and O–H groups in total. The van der Waals surface area contributed by atoms with Crippen molar-refractivity contribution < 1.29 is 41.7 Å². The molecule has 2 aromatic carbocycles. The highest BCUT2D eigenvalue weighted by molar-refractivity contribution is 5.80. The van der Waals surface area contributed by atoms with Crippen molar-refractivity contribution in [1.82, 2.24) is 0 Å². The maximum absolute atomic E-state index is 12.3. The molecule has 1 heterocycles. The van der Waals surface area contributed by atoms with E-state index in [9.17, 15) is 13.2 Å². The Morgan fingerprint density at radius 3 is 1.97 bits per heavy atom. The number of halogens is 3. The summed E-state index contributed by atoms with van der Waals surface area (Å²) in [5, 5.41) is 4.08. The van der Waals surface area contributed by atoms with E-state index in [0.717, 1.165) is 23.1 Å². The predicted octanol–water partition coefficient (Wildman–Crippen LogP) is 5.68. The van der Waals surface area contributed by atoms with Crippen LogP contribution in [0.1, 0.15) is 37.0 Å². The summed E-state index contributed by atoms with van der Waals surface area (Å²) in [6.07, 6.45) is -0.872. The Kier molecular flexibility index (Phi) is 10.5. The van der Waals surface area contributed by atoms with Gasteiger partial charge in [0.05, 0.1) is 12.3 Å². The molecule has 0 saturated carbocycles. The molecule has 0 bridgehead atoms. The van der Waals surface area contributed by atoms with Crippen molar-refractivity contribution in [2.45, 2.75) is 57.3 Å². The molecule has 0 aliphatic carbocycles. The molecule has 3 rings (SSSR count). The first kappa shape index (κ1) is 28.6. The van der Waals surface area contributed by atoms with E-state index in [-0.39, 0.29) is 24.1 Å². The first-order valence-electron chi connectivity index (χ1n) is 11.9. The average molecular weight is 524 g/mol. The van der Waals surface area contributed by atoms with Crippen LogP contribution in [0.3, 0.4) is 0 Å². The third-order valence-electron chi connectivity index (χ3n) is 5.67. The fourth-order valence-corrected chi connectivity index (χ4v) is 3.89. The number of nitrogens with zero attached hydrogens (tertiary/aromatic N) is 1. The number of hydrogen-bond acceptors (Lipinski definition) is 7. The summed E-state index contributed by atoms with van der Waals surface area (Å²) >= 11 is 0. The van der Waals surface area contributed by atoms with Gasteiger partial charge < -0.3 is 28.5 Å². The van der Waals surface area contributed by atoms with E-state index in [2.05, 4.69) is 9.89 Å². The molecule has 0 amide bonds. The fourth-order valence-electron chi connectivity index (χ4n) is 3.89. The summed E-state index contributed by atoms with van der Waals surface area (Å²) in [4.78, 5) is 5.63. The summed E-state index contributed by atoms with van der Waals surface area (Å²) in [6, 6.07) is 13.1. The highest BCUT2D eigenvalue weighted by Gasteiger charge is 2.47. The van der Waals surface area contributed by atoms with Crippen LogP contribution in [0.2, 0.25) is 0 Å². The standard InChI is InChI=1S/C27H32F3NO6/c1-5-16-34-24-23(32-3)18(2)35-26(25(24)33-4)37-31-17-21-10-8-19(9-11-21)6-7-20-12-14-22(15-13-20)36-27(28,29)30/h6-15,17-18,23-26H,5,16H2,1-4H3/b7-6+,31-17?/t18-,23-,24+,25+,26-/m0/s1. The molecular formula is C27H32F3NO6. The molecule has 1 fully saturated rings. The summed E-state index contributed by atoms with van der Waals surface area (Å²) in [5.74, 6) is -0.261. The average Bonchev–Trinajstić information content (AvgIpc) is 2.87. The normalized spacial score (nSPS) is 24.6. The van der Waals surface area contributed by atoms with Crippen LogP contribution in [0, 0.1) is 0 Å². The molecule has 0 spiro atoms. The second kappa shape index (κ2) is 13.6. The predicted molar refractivity (Wildman–Crippen MR) is 133 cm³/mol. The Balaban J connectivity index is 1.57. The summed E-state index contributed by atoms with van der Waals surface area (Å²) in [6.45, 7) is 4.48. The number of hydrogen-bond donors (Lipinski definition) is 0.